The SMILES string of the molecule is Brc1cc(-c2ccccc2)cc(C2=CC=C[C+]=C2)n1.Brc1ccc2c(c1)-c1ccccc1C2.C.CC1(C)OB(c2ccc3c(c2)c2ccccc2n3-c2ccccc2)OC1(C)C.c1ccc(-c2cc(-c3ccccc3)nc(-n3c4ccccc4c4cc(-c5ccc6c(c5)c5ccccc5n6-c5ccccc5)ccc43)c2)cc1.c1ccc(-n2c3ccccc3c3cc(-c4ccc5[nH]c6ccccc6c5c4)ccc32)cc1. The fourth-order valence-electron chi connectivity index (χ4n) is 20.7. The molecule has 9 nitrogen and oxygen atoms in total. The summed E-state index contributed by atoms with van der Waals surface area (Å²) in [7, 11) is -0.353. The van der Waals surface area contributed by atoms with Crippen LogP contribution in [-0.2, 0) is 15.7 Å². The van der Waals surface area contributed by atoms with Crippen molar-refractivity contribution in [3.05, 3.63) is 517 Å². The molecule has 1 saturated heterocycles. The molecule has 18 aromatic carbocycles. The fourth-order valence-corrected chi connectivity index (χ4v) is 21.5. The van der Waals surface area contributed by atoms with Gasteiger partial charge in [0.15, 0.2) is 0 Å². The molecule has 0 unspecified atom stereocenters. The number of nitrogens with zero attached hydrogens (tertiary/aromatic N) is 6. The first-order valence-corrected chi connectivity index (χ1v) is 50.2. The van der Waals surface area contributed by atoms with E-state index in [4.69, 9.17) is 14.3 Å². The summed E-state index contributed by atoms with van der Waals surface area (Å²) in [5, 5.41) is 12.5. The minimum Gasteiger partial charge on any atom is -0.399 e. The van der Waals surface area contributed by atoms with E-state index in [1.807, 2.05) is 54.6 Å². The van der Waals surface area contributed by atoms with Crippen molar-refractivity contribution in [2.75, 3.05) is 0 Å². The summed E-state index contributed by atoms with van der Waals surface area (Å²) < 4.78 is 23.9. The number of rotatable bonds is 11. The Bertz CT molecular complexity index is 9210. The number of para-hydroxylation sites is 8. The van der Waals surface area contributed by atoms with Crippen LogP contribution in [0.2, 0.25) is 0 Å². The molecule has 0 atom stereocenters. The molecule has 25 aromatic rings. The molecule has 0 amide bonds. The zero-order valence-electron chi connectivity index (χ0n) is 79.2. The molecular weight excluding hydrogens is 1890 g/mol. The van der Waals surface area contributed by atoms with Gasteiger partial charge in [-0.05, 0) is 280 Å². The molecule has 3 aliphatic rings. The topological polar surface area (TPSA) is 79.8 Å². The second-order valence-corrected chi connectivity index (χ2v) is 39.3. The molecule has 0 radical (unpaired) electrons. The lowest BCUT2D eigenvalue weighted by Crippen LogP contribution is -2.41. The maximum absolute atomic E-state index is 6.27. The van der Waals surface area contributed by atoms with Gasteiger partial charge in [0.25, 0.3) is 0 Å². The van der Waals surface area contributed by atoms with E-state index in [0.29, 0.717) is 0 Å². The Kier molecular flexibility index (Phi) is 24.5. The lowest BCUT2D eigenvalue weighted by atomic mass is 9.78. The van der Waals surface area contributed by atoms with Crippen LogP contribution in [0.5, 0.6) is 0 Å². The predicted octanol–water partition coefficient (Wildman–Crippen LogP) is 34.9. The number of nitrogens with one attached hydrogen (secondary N) is 1. The number of aromatic nitrogens is 7. The molecule has 8 heterocycles. The lowest BCUT2D eigenvalue weighted by molar-refractivity contribution is 0.00578. The third-order valence-corrected chi connectivity index (χ3v) is 29.2. The van der Waals surface area contributed by atoms with Crippen LogP contribution in [0.25, 0.3) is 204 Å². The molecule has 1 aliphatic heterocycles. The molecular formula is C132H99BBr2N7O2+. The van der Waals surface area contributed by atoms with Gasteiger partial charge >= 0.3 is 7.12 Å². The van der Waals surface area contributed by atoms with Crippen LogP contribution < -0.4 is 5.46 Å². The molecule has 0 spiro atoms. The van der Waals surface area contributed by atoms with Crippen molar-refractivity contribution in [2.45, 2.75) is 52.7 Å². The number of hydrogen-bond donors (Lipinski definition) is 1. The van der Waals surface area contributed by atoms with Crippen LogP contribution in [0, 0.1) is 6.08 Å². The number of benzene rings is 18. The number of H-pyrrole nitrogens is 1. The Labute approximate surface area is 854 Å². The number of allylic oxidation sites excluding steroid dienone is 6. The van der Waals surface area contributed by atoms with Gasteiger partial charge in [-0.15, -0.1) is 0 Å². The number of fused-ring (bicyclic) bond motifs is 18. The van der Waals surface area contributed by atoms with E-state index in [1.54, 1.807) is 0 Å². The van der Waals surface area contributed by atoms with Crippen LogP contribution in [0.15, 0.2) is 494 Å². The van der Waals surface area contributed by atoms with Crippen LogP contribution >= 0.6 is 31.9 Å². The smallest absolute Gasteiger partial charge is 0.399 e. The fraction of sp³-hybridized carbons (Fsp3) is 0.0606. The van der Waals surface area contributed by atoms with Crippen molar-refractivity contribution in [3.8, 4) is 89.8 Å². The van der Waals surface area contributed by atoms with E-state index in [0.717, 1.165) is 77.1 Å². The summed E-state index contributed by atoms with van der Waals surface area (Å²) in [6.07, 6.45) is 12.0. The Morgan fingerprint density at radius 2 is 0.688 bits per heavy atom. The summed E-state index contributed by atoms with van der Waals surface area (Å²) >= 11 is 7.00. The quantitative estimate of drug-likeness (QED) is 0.0795. The minimum absolute atomic E-state index is 0. The highest BCUT2D eigenvalue weighted by atomic mass is 79.9. The van der Waals surface area contributed by atoms with E-state index in [1.165, 1.54) is 165 Å². The van der Waals surface area contributed by atoms with Gasteiger partial charge in [-0.1, -0.05) is 327 Å². The molecule has 12 heteroatoms. The van der Waals surface area contributed by atoms with Gasteiger partial charge in [-0.3, -0.25) is 4.57 Å². The molecule has 28 rings (SSSR count). The highest BCUT2D eigenvalue weighted by Gasteiger charge is 2.52. The zero-order chi connectivity index (χ0) is 96.2. The van der Waals surface area contributed by atoms with Crippen molar-refractivity contribution in [2.24, 2.45) is 0 Å². The van der Waals surface area contributed by atoms with Crippen molar-refractivity contribution in [1.29, 1.82) is 0 Å². The Balaban J connectivity index is 0.000000106. The largest absolute Gasteiger partial charge is 0.494 e. The van der Waals surface area contributed by atoms with Gasteiger partial charge in [0, 0.05) is 104 Å². The average molecular weight is 1990 g/mol. The molecule has 1 N–H and O–H groups in total. The predicted molar refractivity (Wildman–Crippen MR) is 613 cm³/mol. The van der Waals surface area contributed by atoms with Gasteiger partial charge in [-0.2, -0.15) is 0 Å². The van der Waals surface area contributed by atoms with Crippen molar-refractivity contribution >= 4 is 159 Å². The summed E-state index contributed by atoms with van der Waals surface area (Å²) in [5.74, 6) is 0.902. The zero-order valence-corrected chi connectivity index (χ0v) is 82.4. The number of aromatic amines is 1. The highest BCUT2D eigenvalue weighted by Crippen LogP contribution is 2.45. The summed E-state index contributed by atoms with van der Waals surface area (Å²) in [6.45, 7) is 8.36. The molecule has 0 bridgehead atoms. The lowest BCUT2D eigenvalue weighted by Gasteiger charge is -2.32. The van der Waals surface area contributed by atoms with E-state index >= 15 is 0 Å². The second kappa shape index (κ2) is 38.7. The first kappa shape index (κ1) is 91.1. The van der Waals surface area contributed by atoms with Gasteiger partial charge < -0.3 is 28.0 Å². The maximum atomic E-state index is 6.27. The summed E-state index contributed by atoms with van der Waals surface area (Å²) in [6, 6.07) is 164. The summed E-state index contributed by atoms with van der Waals surface area (Å²) in [5.41, 5.74) is 35.0. The molecule has 2 aliphatic carbocycles. The molecule has 144 heavy (non-hydrogen) atoms. The van der Waals surface area contributed by atoms with Gasteiger partial charge in [0.2, 0.25) is 0 Å². The standard InChI is InChI=1S/C47H31N3.C30H20N2.C24H24BNO2.C17H11BrN.C13H9Br.CH4/c1-4-14-32(15-5-1)36-30-42(33-16-6-2-7-17-33)48-47(31-36)50-44-23-13-11-21-39(44)41-29-35(25-27-46(41)50)34-24-26-45-40(28-34)38-20-10-12-22-43(38)49(45)37-18-8-3-9-19-37;1-2-8-22(9-3-1)32-29-13-7-5-11-24(29)26-19-21(15-17-30(26)32)20-14-16-28-25(18-20)23-10-4-6-12-27(23)31-28;1-23(2)24(3,4)28-25(27-23)17-14-15-22-20(16-17)19-12-8-9-13-21(19)26(22)18-10-6-5-7-11-18;18-17-12-15(13-7-3-1-4-8-13)11-16(19-17)14-9-5-2-6-10-14;14-11-6-5-10-7-9-3-1-2-4-12(9)13(10)8-11;/h1-31H;1-19,31H;5-16H,1-4H3;1-5,7-12H;1-6,8H,7H2;1H4/q;;;+1;;. The number of halogens is 2. The normalized spacial score (nSPS) is 13.1. The maximum Gasteiger partial charge on any atom is 0.494 e. The molecule has 690 valence electrons. The Hall–Kier alpha value is -16.7. The Morgan fingerprint density at radius 3 is 1.19 bits per heavy atom. The van der Waals surface area contributed by atoms with E-state index in [-0.39, 0.29) is 25.7 Å². The third-order valence-electron chi connectivity index (χ3n) is 28.3. The van der Waals surface area contributed by atoms with E-state index in [9.17, 15) is 0 Å². The molecule has 7 aromatic heterocycles. The summed E-state index contributed by atoms with van der Waals surface area (Å²) in [4.78, 5) is 13.4. The molecule has 0 saturated carbocycles. The van der Waals surface area contributed by atoms with Crippen LogP contribution in [-0.4, -0.2) is 51.5 Å². The van der Waals surface area contributed by atoms with Crippen LogP contribution in [0.4, 0.5) is 0 Å². The van der Waals surface area contributed by atoms with Crippen LogP contribution in [0.1, 0.15) is 51.9 Å². The number of pyridine rings is 2. The molecule has 1 fully saturated rings. The van der Waals surface area contributed by atoms with E-state index < -0.39 is 0 Å². The van der Waals surface area contributed by atoms with Gasteiger partial charge in [0.1, 0.15) is 33.8 Å². The van der Waals surface area contributed by atoms with Gasteiger partial charge in [-0.25, -0.2) is 9.97 Å². The Morgan fingerprint density at radius 1 is 0.299 bits per heavy atom. The van der Waals surface area contributed by atoms with Crippen molar-refractivity contribution in [3.63, 3.8) is 0 Å². The first-order valence-electron chi connectivity index (χ1n) is 48.6. The highest BCUT2D eigenvalue weighted by molar-refractivity contribution is 9.10. The second-order valence-electron chi connectivity index (χ2n) is 37.6. The van der Waals surface area contributed by atoms with Crippen LogP contribution in [0.3, 0.4) is 0 Å². The van der Waals surface area contributed by atoms with Crippen molar-refractivity contribution < 1.29 is 9.31 Å². The number of hydrogen-bond acceptors (Lipinski definition) is 4. The average Bonchev–Trinajstić information content (AvgIpc) is 1.58. The van der Waals surface area contributed by atoms with Crippen molar-refractivity contribution in [1.82, 2.24) is 33.2 Å². The monoisotopic (exact) mass is 1980 g/mol. The third kappa shape index (κ3) is 17.3. The minimum atomic E-state index is -0.353. The first-order chi connectivity index (χ1) is 70.2. The van der Waals surface area contributed by atoms with Gasteiger partial charge in [0.05, 0.1) is 67.1 Å². The van der Waals surface area contributed by atoms with E-state index in [2.05, 4.69) is 525 Å².